The number of carbonyl (C=O) groups is 3. The molecule has 7 heteroatoms. The van der Waals surface area contributed by atoms with Crippen molar-refractivity contribution in [3.8, 4) is 11.1 Å². The fraction of sp³-hybridized carbons (Fsp3) is 0.423. The summed E-state index contributed by atoms with van der Waals surface area (Å²) < 4.78 is 5.55. The highest BCUT2D eigenvalue weighted by molar-refractivity contribution is 5.89. The Kier molecular flexibility index (Phi) is 6.40. The number of likely N-dealkylation sites (tertiary alicyclic amines) is 1. The van der Waals surface area contributed by atoms with Gasteiger partial charge < -0.3 is 20.1 Å². The number of carboxylic acid groups (broad SMARTS) is 1. The topological polar surface area (TPSA) is 95.9 Å². The maximum absolute atomic E-state index is 13.0. The van der Waals surface area contributed by atoms with Gasteiger partial charge in [-0.3, -0.25) is 4.79 Å². The lowest BCUT2D eigenvalue weighted by Crippen LogP contribution is -2.53. The summed E-state index contributed by atoms with van der Waals surface area (Å²) in [6.07, 6.45) is 1.01. The Labute approximate surface area is 193 Å². The Balaban J connectivity index is 1.36. The predicted octanol–water partition coefficient (Wildman–Crippen LogP) is 4.02. The lowest BCUT2D eigenvalue weighted by atomic mass is 9.96. The van der Waals surface area contributed by atoms with Gasteiger partial charge in [0.1, 0.15) is 12.1 Å². The number of hydrogen-bond donors (Lipinski definition) is 2. The van der Waals surface area contributed by atoms with E-state index in [1.54, 1.807) is 6.92 Å². The van der Waals surface area contributed by atoms with Crippen LogP contribution < -0.4 is 5.32 Å². The molecule has 0 aromatic heterocycles. The largest absolute Gasteiger partial charge is 0.480 e. The standard InChI is InChI=1S/C26H30N2O5/c1-3-17(23(29)28-14-8-13-26(28,2)24(30)31)15-27-25(32)33-16-22-20-11-6-4-9-18(20)19-10-5-7-12-21(19)22/h4-7,9-12,17,22H,3,8,13-16H2,1-2H3,(H,27,32)(H,30,31). The molecule has 0 radical (unpaired) electrons. The van der Waals surface area contributed by atoms with Gasteiger partial charge in [-0.15, -0.1) is 0 Å². The number of nitrogens with one attached hydrogen (secondary N) is 1. The van der Waals surface area contributed by atoms with Crippen LogP contribution in [0.3, 0.4) is 0 Å². The van der Waals surface area contributed by atoms with Crippen LogP contribution in [0.15, 0.2) is 48.5 Å². The molecule has 1 fully saturated rings. The number of benzene rings is 2. The van der Waals surface area contributed by atoms with Crippen molar-refractivity contribution in [3.05, 3.63) is 59.7 Å². The number of amides is 2. The van der Waals surface area contributed by atoms with Crippen molar-refractivity contribution in [3.63, 3.8) is 0 Å². The van der Waals surface area contributed by atoms with E-state index in [0.717, 1.165) is 22.3 Å². The lowest BCUT2D eigenvalue weighted by molar-refractivity contribution is -0.157. The van der Waals surface area contributed by atoms with Crippen LogP contribution in [0.1, 0.15) is 50.2 Å². The molecule has 174 valence electrons. The average Bonchev–Trinajstić information content (AvgIpc) is 3.37. The molecule has 0 spiro atoms. The highest BCUT2D eigenvalue weighted by Crippen LogP contribution is 2.44. The molecule has 2 aromatic rings. The summed E-state index contributed by atoms with van der Waals surface area (Å²) in [5.41, 5.74) is 3.40. The van der Waals surface area contributed by atoms with Crippen LogP contribution in [0.4, 0.5) is 4.79 Å². The first kappa shape index (κ1) is 22.8. The van der Waals surface area contributed by atoms with Crippen LogP contribution in [0, 0.1) is 5.92 Å². The van der Waals surface area contributed by atoms with Gasteiger partial charge in [0.2, 0.25) is 5.91 Å². The van der Waals surface area contributed by atoms with Gasteiger partial charge in [-0.25, -0.2) is 9.59 Å². The van der Waals surface area contributed by atoms with E-state index in [1.807, 2.05) is 31.2 Å². The molecule has 0 saturated carbocycles. The molecule has 2 aromatic carbocycles. The van der Waals surface area contributed by atoms with E-state index < -0.39 is 23.5 Å². The summed E-state index contributed by atoms with van der Waals surface area (Å²) >= 11 is 0. The Morgan fingerprint density at radius 3 is 2.30 bits per heavy atom. The second-order valence-electron chi connectivity index (χ2n) is 8.98. The summed E-state index contributed by atoms with van der Waals surface area (Å²) in [5, 5.41) is 12.3. The van der Waals surface area contributed by atoms with Crippen molar-refractivity contribution < 1.29 is 24.2 Å². The number of ether oxygens (including phenoxy) is 1. The minimum atomic E-state index is -1.19. The van der Waals surface area contributed by atoms with Crippen molar-refractivity contribution in [1.82, 2.24) is 10.2 Å². The number of carbonyl (C=O) groups excluding carboxylic acids is 2. The first-order valence-corrected chi connectivity index (χ1v) is 11.5. The van der Waals surface area contributed by atoms with Gasteiger partial charge in [-0.05, 0) is 48.4 Å². The van der Waals surface area contributed by atoms with Crippen LogP contribution in [0.5, 0.6) is 0 Å². The molecule has 2 atom stereocenters. The van der Waals surface area contributed by atoms with Crippen molar-refractivity contribution in [1.29, 1.82) is 0 Å². The SMILES string of the molecule is CCC(CNC(=O)OCC1c2ccccc2-c2ccccc21)C(=O)N1CCCC1(C)C(=O)O. The number of carboxylic acids is 1. The fourth-order valence-electron chi connectivity index (χ4n) is 5.02. The molecule has 4 rings (SSSR count). The predicted molar refractivity (Wildman–Crippen MR) is 124 cm³/mol. The molecule has 1 aliphatic heterocycles. The molecule has 2 unspecified atom stereocenters. The van der Waals surface area contributed by atoms with Gasteiger partial charge >= 0.3 is 12.1 Å². The quantitative estimate of drug-likeness (QED) is 0.664. The van der Waals surface area contributed by atoms with E-state index in [2.05, 4.69) is 29.6 Å². The molecule has 33 heavy (non-hydrogen) atoms. The molecule has 7 nitrogen and oxygen atoms in total. The van der Waals surface area contributed by atoms with Crippen molar-refractivity contribution in [2.75, 3.05) is 19.7 Å². The summed E-state index contributed by atoms with van der Waals surface area (Å²) in [5.74, 6) is -1.76. The van der Waals surface area contributed by atoms with Crippen LogP contribution in [0.25, 0.3) is 11.1 Å². The number of alkyl carbamates (subject to hydrolysis) is 1. The molecule has 1 saturated heterocycles. The zero-order valence-electron chi connectivity index (χ0n) is 19.0. The minimum Gasteiger partial charge on any atom is -0.480 e. The van der Waals surface area contributed by atoms with Gasteiger partial charge in [0.05, 0.1) is 5.92 Å². The third-order valence-corrected chi connectivity index (χ3v) is 7.05. The number of hydrogen-bond acceptors (Lipinski definition) is 4. The fourth-order valence-corrected chi connectivity index (χ4v) is 5.02. The smallest absolute Gasteiger partial charge is 0.407 e. The number of nitrogens with zero attached hydrogens (tertiary/aromatic N) is 1. The van der Waals surface area contributed by atoms with Crippen molar-refractivity contribution >= 4 is 18.0 Å². The maximum atomic E-state index is 13.0. The number of aliphatic carboxylic acids is 1. The van der Waals surface area contributed by atoms with E-state index in [-0.39, 0.29) is 25.0 Å². The molecule has 2 amide bonds. The molecule has 2 aliphatic rings. The van der Waals surface area contributed by atoms with E-state index in [0.29, 0.717) is 25.8 Å². The molecular formula is C26H30N2O5. The normalized spacial score (nSPS) is 20.1. The Morgan fingerprint density at radius 2 is 1.73 bits per heavy atom. The highest BCUT2D eigenvalue weighted by Gasteiger charge is 2.47. The zero-order valence-corrected chi connectivity index (χ0v) is 19.0. The number of rotatable bonds is 7. The van der Waals surface area contributed by atoms with Gasteiger partial charge in [0, 0.05) is 19.0 Å². The van der Waals surface area contributed by atoms with Crippen LogP contribution in [-0.2, 0) is 14.3 Å². The monoisotopic (exact) mass is 450 g/mol. The van der Waals surface area contributed by atoms with Gasteiger partial charge in [0.15, 0.2) is 0 Å². The van der Waals surface area contributed by atoms with Crippen LogP contribution >= 0.6 is 0 Å². The van der Waals surface area contributed by atoms with E-state index in [1.165, 1.54) is 4.90 Å². The Hall–Kier alpha value is -3.35. The maximum Gasteiger partial charge on any atom is 0.407 e. The molecular weight excluding hydrogens is 420 g/mol. The molecule has 0 bridgehead atoms. The van der Waals surface area contributed by atoms with E-state index >= 15 is 0 Å². The van der Waals surface area contributed by atoms with Gasteiger partial charge in [-0.1, -0.05) is 55.5 Å². The molecule has 1 aliphatic carbocycles. The Morgan fingerprint density at radius 1 is 1.12 bits per heavy atom. The second-order valence-corrected chi connectivity index (χ2v) is 8.98. The summed E-state index contributed by atoms with van der Waals surface area (Å²) in [6.45, 7) is 4.18. The number of fused-ring (bicyclic) bond motifs is 3. The van der Waals surface area contributed by atoms with Crippen molar-refractivity contribution in [2.24, 2.45) is 5.92 Å². The first-order valence-electron chi connectivity index (χ1n) is 11.5. The van der Waals surface area contributed by atoms with Crippen LogP contribution in [0.2, 0.25) is 0 Å². The van der Waals surface area contributed by atoms with E-state index in [4.69, 9.17) is 4.74 Å². The third-order valence-electron chi connectivity index (χ3n) is 7.05. The minimum absolute atomic E-state index is 0.0346. The third kappa shape index (κ3) is 4.19. The van der Waals surface area contributed by atoms with Crippen LogP contribution in [-0.4, -0.2) is 53.2 Å². The lowest BCUT2D eigenvalue weighted by Gasteiger charge is -2.33. The zero-order chi connectivity index (χ0) is 23.6. The average molecular weight is 451 g/mol. The van der Waals surface area contributed by atoms with E-state index in [9.17, 15) is 19.5 Å². The first-order chi connectivity index (χ1) is 15.9. The van der Waals surface area contributed by atoms with Gasteiger partial charge in [0.25, 0.3) is 0 Å². The molecule has 2 N–H and O–H groups in total. The van der Waals surface area contributed by atoms with Gasteiger partial charge in [-0.2, -0.15) is 0 Å². The summed E-state index contributed by atoms with van der Waals surface area (Å²) in [4.78, 5) is 38.7. The highest BCUT2D eigenvalue weighted by atomic mass is 16.5. The van der Waals surface area contributed by atoms with Crippen molar-refractivity contribution in [2.45, 2.75) is 44.6 Å². The summed E-state index contributed by atoms with van der Waals surface area (Å²) in [6, 6.07) is 16.2. The second kappa shape index (κ2) is 9.25. The summed E-state index contributed by atoms with van der Waals surface area (Å²) in [7, 11) is 0. The Bertz CT molecular complexity index is 1020. The molecule has 1 heterocycles.